The number of aliphatic imine (C=N–C) groups is 1. The van der Waals surface area contributed by atoms with Gasteiger partial charge in [0.05, 0.1) is 6.54 Å². The molecule has 5 heteroatoms. The monoisotopic (exact) mass is 310 g/mol. The van der Waals surface area contributed by atoms with Crippen LogP contribution in [0.3, 0.4) is 0 Å². The number of nitrogens with one attached hydrogen (secondary N) is 2. The normalized spacial score (nSPS) is 20.9. The van der Waals surface area contributed by atoms with Crippen LogP contribution in [-0.4, -0.2) is 49.0 Å². The fraction of sp³-hybridized carbons (Fsp3) is 0.882. The molecule has 128 valence electrons. The van der Waals surface area contributed by atoms with E-state index in [9.17, 15) is 4.79 Å². The maximum atomic E-state index is 12.2. The van der Waals surface area contributed by atoms with E-state index in [4.69, 9.17) is 0 Å². The summed E-state index contributed by atoms with van der Waals surface area (Å²) in [7, 11) is 0. The maximum absolute atomic E-state index is 12.2. The number of piperidine rings is 1. The number of amides is 1. The first-order valence-corrected chi connectivity index (χ1v) is 8.76. The zero-order chi connectivity index (χ0) is 16.5. The molecule has 0 aliphatic carbocycles. The Kier molecular flexibility index (Phi) is 8.28. The van der Waals surface area contributed by atoms with Gasteiger partial charge < -0.3 is 15.5 Å². The van der Waals surface area contributed by atoms with Crippen LogP contribution in [0.25, 0.3) is 0 Å². The van der Waals surface area contributed by atoms with Crippen LogP contribution < -0.4 is 10.6 Å². The summed E-state index contributed by atoms with van der Waals surface area (Å²) in [6.45, 7) is 14.0. The lowest BCUT2D eigenvalue weighted by atomic mass is 10.00. The van der Waals surface area contributed by atoms with Crippen molar-refractivity contribution in [3.05, 3.63) is 0 Å². The summed E-state index contributed by atoms with van der Waals surface area (Å²) in [6.07, 6.45) is 2.87. The quantitative estimate of drug-likeness (QED) is 0.584. The Morgan fingerprint density at radius 2 is 2.09 bits per heavy atom. The average molecular weight is 310 g/mol. The smallest absolute Gasteiger partial charge is 0.224 e. The van der Waals surface area contributed by atoms with Gasteiger partial charge in [-0.25, -0.2) is 0 Å². The van der Waals surface area contributed by atoms with Crippen molar-refractivity contribution in [2.75, 3.05) is 26.2 Å². The van der Waals surface area contributed by atoms with Gasteiger partial charge in [-0.05, 0) is 38.5 Å². The number of rotatable bonds is 6. The van der Waals surface area contributed by atoms with Crippen LogP contribution in [0, 0.1) is 11.8 Å². The van der Waals surface area contributed by atoms with E-state index in [1.165, 1.54) is 6.42 Å². The third-order valence-electron chi connectivity index (χ3n) is 4.31. The Balaban J connectivity index is 2.43. The molecule has 0 aromatic carbocycles. The highest BCUT2D eigenvalue weighted by atomic mass is 16.2. The van der Waals surface area contributed by atoms with Crippen LogP contribution in [0.1, 0.15) is 53.9 Å². The van der Waals surface area contributed by atoms with Crippen LogP contribution in [0.4, 0.5) is 0 Å². The molecule has 1 aliphatic heterocycles. The first-order chi connectivity index (χ1) is 10.4. The molecule has 1 amide bonds. The average Bonchev–Trinajstić information content (AvgIpc) is 2.47. The van der Waals surface area contributed by atoms with Gasteiger partial charge in [0.1, 0.15) is 0 Å². The molecule has 1 aliphatic rings. The van der Waals surface area contributed by atoms with Gasteiger partial charge in [0.25, 0.3) is 0 Å². The van der Waals surface area contributed by atoms with Crippen LogP contribution >= 0.6 is 0 Å². The van der Waals surface area contributed by atoms with Crippen molar-refractivity contribution in [3.8, 4) is 0 Å². The molecule has 0 aromatic rings. The van der Waals surface area contributed by atoms with Crippen molar-refractivity contribution >= 4 is 11.9 Å². The molecule has 2 unspecified atom stereocenters. The minimum Gasteiger partial charge on any atom is -0.357 e. The zero-order valence-corrected chi connectivity index (χ0v) is 15.0. The minimum atomic E-state index is 0.239. The molecular weight excluding hydrogens is 276 g/mol. The lowest BCUT2D eigenvalue weighted by molar-refractivity contribution is -0.132. The highest BCUT2D eigenvalue weighted by molar-refractivity contribution is 5.81. The molecule has 0 spiro atoms. The lowest BCUT2D eigenvalue weighted by Crippen LogP contribution is -2.44. The molecule has 22 heavy (non-hydrogen) atoms. The Morgan fingerprint density at radius 3 is 2.68 bits per heavy atom. The van der Waals surface area contributed by atoms with E-state index in [1.807, 2.05) is 4.90 Å². The van der Waals surface area contributed by atoms with Crippen molar-refractivity contribution in [1.82, 2.24) is 15.5 Å². The molecule has 0 saturated carbocycles. The zero-order valence-electron chi connectivity index (χ0n) is 15.0. The molecule has 0 bridgehead atoms. The summed E-state index contributed by atoms with van der Waals surface area (Å²) in [5.41, 5.74) is 0. The molecule has 0 aromatic heterocycles. The predicted octanol–water partition coefficient (Wildman–Crippen LogP) is 2.23. The Morgan fingerprint density at radius 1 is 1.36 bits per heavy atom. The van der Waals surface area contributed by atoms with Crippen LogP contribution in [-0.2, 0) is 4.79 Å². The van der Waals surface area contributed by atoms with Gasteiger partial charge >= 0.3 is 0 Å². The van der Waals surface area contributed by atoms with E-state index >= 15 is 0 Å². The van der Waals surface area contributed by atoms with Gasteiger partial charge in [-0.3, -0.25) is 9.79 Å². The summed E-state index contributed by atoms with van der Waals surface area (Å²) in [5.74, 6) is 2.22. The number of guanidine groups is 1. The van der Waals surface area contributed by atoms with Crippen LogP contribution in [0.15, 0.2) is 4.99 Å². The van der Waals surface area contributed by atoms with Gasteiger partial charge in [0.2, 0.25) is 5.91 Å². The highest BCUT2D eigenvalue weighted by Crippen LogP contribution is 2.16. The SMILES string of the molecule is CCNC(=NCCC(=O)N1CCCC(C)C1)NC(C)C(C)C. The predicted molar refractivity (Wildman–Crippen MR) is 93.0 cm³/mol. The molecule has 0 radical (unpaired) electrons. The number of hydrogen-bond donors (Lipinski definition) is 2. The second-order valence-corrected chi connectivity index (χ2v) is 6.77. The second kappa shape index (κ2) is 9.70. The molecule has 1 fully saturated rings. The van der Waals surface area contributed by atoms with Crippen LogP contribution in [0.5, 0.6) is 0 Å². The van der Waals surface area contributed by atoms with Crippen molar-refractivity contribution in [2.24, 2.45) is 16.8 Å². The fourth-order valence-corrected chi connectivity index (χ4v) is 2.54. The molecular formula is C17H34N4O. The molecule has 1 saturated heterocycles. The summed E-state index contributed by atoms with van der Waals surface area (Å²) in [5, 5.41) is 6.63. The van der Waals surface area contributed by atoms with E-state index in [1.54, 1.807) is 0 Å². The topological polar surface area (TPSA) is 56.7 Å². The van der Waals surface area contributed by atoms with E-state index in [-0.39, 0.29) is 5.91 Å². The summed E-state index contributed by atoms with van der Waals surface area (Å²) < 4.78 is 0. The Labute approximate surface area is 135 Å². The molecule has 2 atom stereocenters. The van der Waals surface area contributed by atoms with E-state index in [0.717, 1.165) is 32.0 Å². The molecule has 1 heterocycles. The number of nitrogens with zero attached hydrogens (tertiary/aromatic N) is 2. The van der Waals surface area contributed by atoms with E-state index in [2.05, 4.69) is 50.2 Å². The third-order valence-corrected chi connectivity index (χ3v) is 4.31. The summed E-state index contributed by atoms with van der Waals surface area (Å²) in [4.78, 5) is 18.8. The van der Waals surface area contributed by atoms with Crippen LogP contribution in [0.2, 0.25) is 0 Å². The van der Waals surface area contributed by atoms with Crippen molar-refractivity contribution in [3.63, 3.8) is 0 Å². The Bertz CT molecular complexity index is 368. The van der Waals surface area contributed by atoms with Crippen molar-refractivity contribution < 1.29 is 4.79 Å². The van der Waals surface area contributed by atoms with E-state index in [0.29, 0.717) is 30.8 Å². The molecule has 5 nitrogen and oxygen atoms in total. The second-order valence-electron chi connectivity index (χ2n) is 6.77. The summed E-state index contributed by atoms with van der Waals surface area (Å²) in [6, 6.07) is 0.358. The fourth-order valence-electron chi connectivity index (χ4n) is 2.54. The number of carbonyl (C=O) groups excluding carboxylic acids is 1. The van der Waals surface area contributed by atoms with E-state index < -0.39 is 0 Å². The highest BCUT2D eigenvalue weighted by Gasteiger charge is 2.20. The minimum absolute atomic E-state index is 0.239. The van der Waals surface area contributed by atoms with Gasteiger partial charge in [-0.15, -0.1) is 0 Å². The Hall–Kier alpha value is -1.26. The number of likely N-dealkylation sites (tertiary alicyclic amines) is 1. The van der Waals surface area contributed by atoms with Gasteiger partial charge in [-0.2, -0.15) is 0 Å². The molecule has 1 rings (SSSR count). The van der Waals surface area contributed by atoms with Crippen molar-refractivity contribution in [1.29, 1.82) is 0 Å². The van der Waals surface area contributed by atoms with Gasteiger partial charge in [-0.1, -0.05) is 20.8 Å². The van der Waals surface area contributed by atoms with Gasteiger partial charge in [0.15, 0.2) is 5.96 Å². The van der Waals surface area contributed by atoms with Gasteiger partial charge in [0, 0.05) is 32.1 Å². The first-order valence-electron chi connectivity index (χ1n) is 8.76. The standard InChI is InChI=1S/C17H34N4O/c1-6-18-17(20-15(5)13(2)3)19-10-9-16(22)21-11-7-8-14(4)12-21/h13-15H,6-12H2,1-5H3,(H2,18,19,20). The number of hydrogen-bond acceptors (Lipinski definition) is 2. The molecule has 2 N–H and O–H groups in total. The largest absolute Gasteiger partial charge is 0.357 e. The number of carbonyl (C=O) groups is 1. The third kappa shape index (κ3) is 6.67. The lowest BCUT2D eigenvalue weighted by Gasteiger charge is -2.30. The van der Waals surface area contributed by atoms with Crippen molar-refractivity contribution in [2.45, 2.75) is 59.9 Å². The summed E-state index contributed by atoms with van der Waals surface area (Å²) >= 11 is 0. The maximum Gasteiger partial charge on any atom is 0.224 e. The first kappa shape index (κ1) is 18.8.